The third-order valence-electron chi connectivity index (χ3n) is 3.52. The molecule has 0 aliphatic rings. The van der Waals surface area contributed by atoms with Gasteiger partial charge in [-0.2, -0.15) is 13.2 Å². The summed E-state index contributed by atoms with van der Waals surface area (Å²) in [6, 6.07) is 5.60. The van der Waals surface area contributed by atoms with Crippen molar-refractivity contribution in [1.29, 1.82) is 0 Å². The number of hydrogen-bond acceptors (Lipinski definition) is 6. The van der Waals surface area contributed by atoms with Crippen molar-refractivity contribution in [3.63, 3.8) is 0 Å². The SMILES string of the molecule is CC(=O)Nc1nc(/C=C\c2ccc([N+](=O)[O-])cc2)c(CN(C)C(=O)C(F)(F)F)s1. The first-order valence-electron chi connectivity index (χ1n) is 7.99. The Balaban J connectivity index is 2.29. The molecule has 0 bridgehead atoms. The average molecular weight is 428 g/mol. The van der Waals surface area contributed by atoms with Gasteiger partial charge in [0.1, 0.15) is 0 Å². The van der Waals surface area contributed by atoms with Crippen molar-refractivity contribution in [3.05, 3.63) is 50.5 Å². The molecule has 2 aromatic rings. The van der Waals surface area contributed by atoms with Gasteiger partial charge in [0.25, 0.3) is 5.69 Å². The predicted octanol–water partition coefficient (Wildman–Crippen LogP) is 3.70. The van der Waals surface area contributed by atoms with Crippen LogP contribution in [0.1, 0.15) is 23.1 Å². The van der Waals surface area contributed by atoms with Gasteiger partial charge in [-0.15, -0.1) is 0 Å². The maximum absolute atomic E-state index is 12.6. The Bertz CT molecular complexity index is 955. The summed E-state index contributed by atoms with van der Waals surface area (Å²) in [5.41, 5.74) is 0.769. The highest BCUT2D eigenvalue weighted by Crippen LogP contribution is 2.28. The molecule has 8 nitrogen and oxygen atoms in total. The first-order chi connectivity index (χ1) is 13.5. The third kappa shape index (κ3) is 6.10. The molecule has 0 aliphatic heterocycles. The Hall–Kier alpha value is -3.28. The van der Waals surface area contributed by atoms with E-state index in [1.54, 1.807) is 6.08 Å². The van der Waals surface area contributed by atoms with E-state index in [9.17, 15) is 32.9 Å². The van der Waals surface area contributed by atoms with Crippen LogP contribution in [0, 0.1) is 10.1 Å². The summed E-state index contributed by atoms with van der Waals surface area (Å²) in [7, 11) is 1.01. The minimum Gasteiger partial charge on any atom is -0.333 e. The number of anilines is 1. The van der Waals surface area contributed by atoms with Gasteiger partial charge in [-0.05, 0) is 23.8 Å². The fourth-order valence-corrected chi connectivity index (χ4v) is 3.25. The Morgan fingerprint density at radius 3 is 2.41 bits per heavy atom. The summed E-state index contributed by atoms with van der Waals surface area (Å²) in [4.78, 5) is 37.7. The van der Waals surface area contributed by atoms with Crippen LogP contribution >= 0.6 is 11.3 Å². The number of alkyl halides is 3. The first kappa shape index (κ1) is 22.0. The summed E-state index contributed by atoms with van der Waals surface area (Å²) in [5.74, 6) is -2.41. The number of benzene rings is 1. The molecule has 0 saturated heterocycles. The van der Waals surface area contributed by atoms with E-state index in [1.165, 1.54) is 37.3 Å². The molecule has 154 valence electrons. The average Bonchev–Trinajstić information content (AvgIpc) is 2.99. The molecule has 0 fully saturated rings. The van der Waals surface area contributed by atoms with Gasteiger partial charge in [0.2, 0.25) is 5.91 Å². The standard InChI is InChI=1S/C17H15F3N4O4S/c1-10(25)21-16-22-13(8-5-11-3-6-12(7-4-11)24(27)28)14(29-16)9-23(2)15(26)17(18,19)20/h3-8H,9H2,1-2H3,(H,21,22,25)/b8-5-. The molecule has 0 radical (unpaired) electrons. The number of nitro groups is 1. The first-order valence-corrected chi connectivity index (χ1v) is 8.81. The topological polar surface area (TPSA) is 105 Å². The van der Waals surface area contributed by atoms with E-state index in [4.69, 9.17) is 0 Å². The van der Waals surface area contributed by atoms with Crippen LogP contribution in [0.2, 0.25) is 0 Å². The van der Waals surface area contributed by atoms with Crippen LogP contribution in [0.4, 0.5) is 24.0 Å². The minimum absolute atomic E-state index is 0.0864. The molecule has 1 heterocycles. The second-order valence-corrected chi connectivity index (χ2v) is 6.93. The Morgan fingerprint density at radius 1 is 1.28 bits per heavy atom. The largest absolute Gasteiger partial charge is 0.471 e. The van der Waals surface area contributed by atoms with Gasteiger partial charge < -0.3 is 10.2 Å². The maximum atomic E-state index is 12.6. The van der Waals surface area contributed by atoms with E-state index in [0.717, 1.165) is 18.4 Å². The number of amides is 2. The number of halogens is 3. The number of carbonyl (C=O) groups excluding carboxylic acids is 2. The van der Waals surface area contributed by atoms with Crippen molar-refractivity contribution in [2.24, 2.45) is 0 Å². The monoisotopic (exact) mass is 428 g/mol. The molecular formula is C17H15F3N4O4S. The van der Waals surface area contributed by atoms with E-state index < -0.39 is 22.9 Å². The van der Waals surface area contributed by atoms with Crippen molar-refractivity contribution < 1.29 is 27.7 Å². The second kappa shape index (κ2) is 8.82. The molecule has 29 heavy (non-hydrogen) atoms. The Morgan fingerprint density at radius 2 is 1.90 bits per heavy atom. The van der Waals surface area contributed by atoms with Crippen molar-refractivity contribution in [2.45, 2.75) is 19.6 Å². The molecule has 0 unspecified atom stereocenters. The van der Waals surface area contributed by atoms with E-state index in [2.05, 4.69) is 10.3 Å². The van der Waals surface area contributed by atoms with Crippen LogP contribution in [0.25, 0.3) is 12.2 Å². The fourth-order valence-electron chi connectivity index (χ4n) is 2.20. The molecule has 0 saturated carbocycles. The molecule has 2 rings (SSSR count). The van der Waals surface area contributed by atoms with Gasteiger partial charge in [0.15, 0.2) is 5.13 Å². The molecule has 1 aromatic heterocycles. The van der Waals surface area contributed by atoms with Crippen molar-refractivity contribution in [3.8, 4) is 0 Å². The molecule has 1 aromatic carbocycles. The molecule has 0 spiro atoms. The fraction of sp³-hybridized carbons (Fsp3) is 0.235. The molecule has 0 atom stereocenters. The van der Waals surface area contributed by atoms with Gasteiger partial charge in [0.05, 0.1) is 22.0 Å². The Labute approximate surface area is 166 Å². The Kier molecular flexibility index (Phi) is 6.69. The number of nitrogens with zero attached hydrogens (tertiary/aromatic N) is 3. The van der Waals surface area contributed by atoms with Crippen LogP contribution in [0.3, 0.4) is 0 Å². The maximum Gasteiger partial charge on any atom is 0.471 e. The summed E-state index contributed by atoms with van der Waals surface area (Å²) in [6.45, 7) is 0.891. The number of nitro benzene ring substituents is 1. The smallest absolute Gasteiger partial charge is 0.333 e. The number of carbonyl (C=O) groups is 2. The van der Waals surface area contributed by atoms with Crippen molar-refractivity contribution >= 4 is 46.1 Å². The summed E-state index contributed by atoms with van der Waals surface area (Å²) >= 11 is 0.941. The van der Waals surface area contributed by atoms with E-state index in [-0.39, 0.29) is 23.1 Å². The summed E-state index contributed by atoms with van der Waals surface area (Å²) < 4.78 is 37.8. The molecular weight excluding hydrogens is 413 g/mol. The van der Waals surface area contributed by atoms with E-state index in [0.29, 0.717) is 15.3 Å². The number of non-ortho nitro benzene ring substituents is 1. The lowest BCUT2D eigenvalue weighted by molar-refractivity contribution is -0.384. The molecule has 1 N–H and O–H groups in total. The highest BCUT2D eigenvalue weighted by atomic mass is 32.1. The predicted molar refractivity (Wildman–Crippen MR) is 101 cm³/mol. The van der Waals surface area contributed by atoms with Gasteiger partial charge in [0, 0.05) is 26.1 Å². The van der Waals surface area contributed by atoms with Gasteiger partial charge in [-0.1, -0.05) is 17.4 Å². The number of thiazole rings is 1. The van der Waals surface area contributed by atoms with E-state index >= 15 is 0 Å². The van der Waals surface area contributed by atoms with Crippen LogP contribution in [0.15, 0.2) is 24.3 Å². The number of aromatic nitrogens is 1. The lowest BCUT2D eigenvalue weighted by Gasteiger charge is -2.17. The zero-order valence-electron chi connectivity index (χ0n) is 15.2. The molecule has 12 heteroatoms. The van der Waals surface area contributed by atoms with Crippen LogP contribution < -0.4 is 5.32 Å². The highest BCUT2D eigenvalue weighted by molar-refractivity contribution is 7.16. The zero-order valence-corrected chi connectivity index (χ0v) is 16.0. The van der Waals surface area contributed by atoms with Crippen molar-refractivity contribution in [2.75, 3.05) is 12.4 Å². The number of nitrogens with one attached hydrogen (secondary N) is 1. The van der Waals surface area contributed by atoms with Crippen molar-refractivity contribution in [1.82, 2.24) is 9.88 Å². The summed E-state index contributed by atoms with van der Waals surface area (Å²) in [5, 5.41) is 13.3. The normalized spacial score (nSPS) is 11.5. The van der Waals surface area contributed by atoms with E-state index in [1.807, 2.05) is 0 Å². The molecule has 2 amide bonds. The lowest BCUT2D eigenvalue weighted by atomic mass is 10.2. The zero-order chi connectivity index (χ0) is 21.8. The van der Waals surface area contributed by atoms with Crippen LogP contribution in [-0.2, 0) is 16.1 Å². The number of rotatable bonds is 6. The molecule has 0 aliphatic carbocycles. The quantitative estimate of drug-likeness (QED) is 0.558. The summed E-state index contributed by atoms with van der Waals surface area (Å²) in [6.07, 6.45) is -1.95. The minimum atomic E-state index is -5.01. The number of hydrogen-bond donors (Lipinski definition) is 1. The lowest BCUT2D eigenvalue weighted by Crippen LogP contribution is -2.37. The van der Waals surface area contributed by atoms with Crippen LogP contribution in [-0.4, -0.2) is 39.8 Å². The third-order valence-corrected chi connectivity index (χ3v) is 4.49. The van der Waals surface area contributed by atoms with Gasteiger partial charge in [-0.3, -0.25) is 19.7 Å². The highest BCUT2D eigenvalue weighted by Gasteiger charge is 2.41. The van der Waals surface area contributed by atoms with Gasteiger partial charge in [-0.25, -0.2) is 4.98 Å². The van der Waals surface area contributed by atoms with Crippen LogP contribution in [0.5, 0.6) is 0 Å². The second-order valence-electron chi connectivity index (χ2n) is 5.85. The van der Waals surface area contributed by atoms with Gasteiger partial charge >= 0.3 is 12.1 Å².